The van der Waals surface area contributed by atoms with Crippen LogP contribution in [0.3, 0.4) is 0 Å². The molecule has 6 heteroatoms. The molecule has 0 unspecified atom stereocenters. The van der Waals surface area contributed by atoms with Gasteiger partial charge in [0, 0.05) is 26.0 Å². The highest BCUT2D eigenvalue weighted by atomic mass is 32.2. The van der Waals surface area contributed by atoms with E-state index in [1.54, 1.807) is 36.5 Å². The van der Waals surface area contributed by atoms with Gasteiger partial charge in [-0.05, 0) is 17.7 Å². The molecule has 1 aromatic carbocycles. The summed E-state index contributed by atoms with van der Waals surface area (Å²) in [5, 5.41) is 0.725. The third-order valence-corrected chi connectivity index (χ3v) is 3.45. The predicted molar refractivity (Wildman–Crippen MR) is 72.2 cm³/mol. The van der Waals surface area contributed by atoms with Crippen molar-refractivity contribution in [2.24, 2.45) is 0 Å². The first-order chi connectivity index (χ1) is 9.15. The zero-order valence-corrected chi connectivity index (χ0v) is 11.3. The molecule has 19 heavy (non-hydrogen) atoms. The molecule has 100 valence electrons. The largest absolute Gasteiger partial charge is 0.341 e. The number of aromatic nitrogens is 2. The summed E-state index contributed by atoms with van der Waals surface area (Å²) in [5.74, 6) is 0.0578. The van der Waals surface area contributed by atoms with Crippen molar-refractivity contribution in [3.63, 3.8) is 0 Å². The van der Waals surface area contributed by atoms with Crippen LogP contribution in [0.5, 0.6) is 0 Å². The van der Waals surface area contributed by atoms with Crippen molar-refractivity contribution in [3.8, 4) is 0 Å². The molecule has 0 atom stereocenters. The Morgan fingerprint density at radius 2 is 2.16 bits per heavy atom. The molecule has 0 saturated heterocycles. The highest BCUT2D eigenvalue weighted by molar-refractivity contribution is 7.99. The predicted octanol–water partition coefficient (Wildman–Crippen LogP) is 2.30. The van der Waals surface area contributed by atoms with E-state index >= 15 is 0 Å². The van der Waals surface area contributed by atoms with Gasteiger partial charge in [0.1, 0.15) is 5.82 Å². The second-order valence-corrected chi connectivity index (χ2v) is 5.02. The maximum absolute atomic E-state index is 12.8. The van der Waals surface area contributed by atoms with E-state index in [1.165, 1.54) is 23.9 Å². The van der Waals surface area contributed by atoms with Crippen LogP contribution in [0.2, 0.25) is 0 Å². The molecule has 0 bridgehead atoms. The van der Waals surface area contributed by atoms with Crippen LogP contribution in [0, 0.1) is 5.82 Å². The zero-order chi connectivity index (χ0) is 13.7. The Bertz CT molecular complexity index is 527. The summed E-state index contributed by atoms with van der Waals surface area (Å²) in [5.41, 5.74) is 0.903. The van der Waals surface area contributed by atoms with Crippen molar-refractivity contribution in [1.29, 1.82) is 0 Å². The Hall–Kier alpha value is -1.82. The summed E-state index contributed by atoms with van der Waals surface area (Å²) in [4.78, 5) is 20.5. The van der Waals surface area contributed by atoms with E-state index in [4.69, 9.17) is 0 Å². The fourth-order valence-electron chi connectivity index (χ4n) is 1.52. The number of nitrogens with zero attached hydrogens (tertiary/aromatic N) is 2. The molecule has 1 heterocycles. The van der Waals surface area contributed by atoms with Crippen LogP contribution in [0.15, 0.2) is 41.8 Å². The average molecular weight is 279 g/mol. The van der Waals surface area contributed by atoms with Gasteiger partial charge in [0.2, 0.25) is 5.91 Å². The molecule has 4 nitrogen and oxygen atoms in total. The molecule has 0 saturated carbocycles. The van der Waals surface area contributed by atoms with Crippen molar-refractivity contribution >= 4 is 17.7 Å². The first kappa shape index (κ1) is 13.6. The van der Waals surface area contributed by atoms with E-state index in [1.807, 2.05) is 0 Å². The molecular weight excluding hydrogens is 265 g/mol. The minimum absolute atomic E-state index is 0.00530. The Morgan fingerprint density at radius 1 is 1.42 bits per heavy atom. The summed E-state index contributed by atoms with van der Waals surface area (Å²) in [6.45, 7) is 0.470. The quantitative estimate of drug-likeness (QED) is 0.854. The number of hydrogen-bond acceptors (Lipinski definition) is 3. The SMILES string of the molecule is CN(Cc1ccc(F)cc1)C(=O)CSc1ncc[nH]1. The van der Waals surface area contributed by atoms with Crippen LogP contribution < -0.4 is 0 Å². The molecule has 1 N–H and O–H groups in total. The van der Waals surface area contributed by atoms with Crippen LogP contribution >= 0.6 is 11.8 Å². The number of aromatic amines is 1. The van der Waals surface area contributed by atoms with Gasteiger partial charge >= 0.3 is 0 Å². The number of nitrogens with one attached hydrogen (secondary N) is 1. The molecular formula is C13H14FN3OS. The molecule has 2 aromatic rings. The maximum Gasteiger partial charge on any atom is 0.233 e. The number of carbonyl (C=O) groups excluding carboxylic acids is 1. The van der Waals surface area contributed by atoms with Gasteiger partial charge in [-0.1, -0.05) is 23.9 Å². The van der Waals surface area contributed by atoms with Gasteiger partial charge in [0.25, 0.3) is 0 Å². The van der Waals surface area contributed by atoms with Crippen molar-refractivity contribution in [1.82, 2.24) is 14.9 Å². The number of hydrogen-bond donors (Lipinski definition) is 1. The lowest BCUT2D eigenvalue weighted by molar-refractivity contribution is -0.127. The summed E-state index contributed by atoms with van der Waals surface area (Å²) in [6, 6.07) is 6.15. The summed E-state index contributed by atoms with van der Waals surface area (Å²) < 4.78 is 12.8. The molecule has 2 rings (SSSR count). The number of thioether (sulfide) groups is 1. The zero-order valence-electron chi connectivity index (χ0n) is 10.5. The van der Waals surface area contributed by atoms with Gasteiger partial charge in [-0.2, -0.15) is 0 Å². The maximum atomic E-state index is 12.8. The number of H-pyrrole nitrogens is 1. The molecule has 0 aliphatic rings. The van der Waals surface area contributed by atoms with Crippen molar-refractivity contribution in [2.45, 2.75) is 11.7 Å². The van der Waals surface area contributed by atoms with E-state index in [0.717, 1.165) is 10.7 Å². The molecule has 0 spiro atoms. The lowest BCUT2D eigenvalue weighted by Crippen LogP contribution is -2.27. The molecule has 0 aliphatic heterocycles. The molecule has 0 aliphatic carbocycles. The number of carbonyl (C=O) groups is 1. The second kappa shape index (κ2) is 6.38. The van der Waals surface area contributed by atoms with Crippen LogP contribution in [-0.4, -0.2) is 33.6 Å². The fourth-order valence-corrected chi connectivity index (χ4v) is 2.29. The minimum Gasteiger partial charge on any atom is -0.341 e. The van der Waals surface area contributed by atoms with E-state index < -0.39 is 0 Å². The summed E-state index contributed by atoms with van der Waals surface area (Å²) in [6.07, 6.45) is 3.37. The summed E-state index contributed by atoms with van der Waals surface area (Å²) in [7, 11) is 1.73. The highest BCUT2D eigenvalue weighted by Crippen LogP contribution is 2.13. The molecule has 0 radical (unpaired) electrons. The van der Waals surface area contributed by atoms with E-state index in [-0.39, 0.29) is 11.7 Å². The van der Waals surface area contributed by atoms with Crippen molar-refractivity contribution in [2.75, 3.05) is 12.8 Å². The number of halogens is 1. The Kier molecular flexibility index (Phi) is 4.57. The van der Waals surface area contributed by atoms with Crippen LogP contribution in [0.25, 0.3) is 0 Å². The van der Waals surface area contributed by atoms with Gasteiger partial charge in [0.15, 0.2) is 5.16 Å². The van der Waals surface area contributed by atoms with Gasteiger partial charge in [-0.25, -0.2) is 9.37 Å². The number of benzene rings is 1. The number of amides is 1. The monoisotopic (exact) mass is 279 g/mol. The van der Waals surface area contributed by atoms with E-state index in [9.17, 15) is 9.18 Å². The average Bonchev–Trinajstić information content (AvgIpc) is 2.91. The molecule has 1 amide bonds. The third kappa shape index (κ3) is 4.10. The van der Waals surface area contributed by atoms with Gasteiger partial charge in [-0.3, -0.25) is 4.79 Å². The van der Waals surface area contributed by atoms with E-state index in [0.29, 0.717) is 12.3 Å². The van der Waals surface area contributed by atoms with Crippen LogP contribution in [0.4, 0.5) is 4.39 Å². The van der Waals surface area contributed by atoms with E-state index in [2.05, 4.69) is 9.97 Å². The molecule has 1 aromatic heterocycles. The standard InChI is InChI=1S/C13H14FN3OS/c1-17(8-10-2-4-11(14)5-3-10)12(18)9-19-13-15-6-7-16-13/h2-7H,8-9H2,1H3,(H,15,16). The van der Waals surface area contributed by atoms with Crippen LogP contribution in [-0.2, 0) is 11.3 Å². The Morgan fingerprint density at radius 3 is 2.79 bits per heavy atom. The fraction of sp³-hybridized carbons (Fsp3) is 0.231. The number of imidazole rings is 1. The lowest BCUT2D eigenvalue weighted by atomic mass is 10.2. The van der Waals surface area contributed by atoms with Crippen molar-refractivity contribution in [3.05, 3.63) is 48.0 Å². The first-order valence-corrected chi connectivity index (χ1v) is 6.74. The smallest absolute Gasteiger partial charge is 0.233 e. The third-order valence-electron chi connectivity index (χ3n) is 2.56. The van der Waals surface area contributed by atoms with Gasteiger partial charge < -0.3 is 9.88 Å². The highest BCUT2D eigenvalue weighted by Gasteiger charge is 2.10. The minimum atomic E-state index is -0.272. The summed E-state index contributed by atoms with van der Waals surface area (Å²) >= 11 is 1.36. The first-order valence-electron chi connectivity index (χ1n) is 5.76. The normalized spacial score (nSPS) is 10.4. The van der Waals surface area contributed by atoms with Gasteiger partial charge in [0.05, 0.1) is 5.75 Å². The lowest BCUT2D eigenvalue weighted by Gasteiger charge is -2.16. The van der Waals surface area contributed by atoms with Crippen molar-refractivity contribution < 1.29 is 9.18 Å². The van der Waals surface area contributed by atoms with Crippen LogP contribution in [0.1, 0.15) is 5.56 Å². The molecule has 0 fully saturated rings. The Balaban J connectivity index is 1.83. The van der Waals surface area contributed by atoms with Gasteiger partial charge in [-0.15, -0.1) is 0 Å². The topological polar surface area (TPSA) is 49.0 Å². The Labute approximate surface area is 115 Å². The number of rotatable bonds is 5. The second-order valence-electron chi connectivity index (χ2n) is 4.06.